The SMILES string of the molecule is C=C(C)[C@@H]1CC[C@@](COC)(CC(=O)O)C[C@H]1c1ccc(OC)cc1. The fourth-order valence-corrected chi connectivity index (χ4v) is 4.13. The van der Waals surface area contributed by atoms with Crippen LogP contribution in [0.3, 0.4) is 0 Å². The molecular formula is C20H28O4. The van der Waals surface area contributed by atoms with Crippen molar-refractivity contribution in [3.05, 3.63) is 42.0 Å². The maximum atomic E-state index is 11.4. The minimum atomic E-state index is -0.755. The smallest absolute Gasteiger partial charge is 0.303 e. The third-order valence-corrected chi connectivity index (χ3v) is 5.28. The molecule has 4 nitrogen and oxygen atoms in total. The molecule has 1 aliphatic carbocycles. The molecule has 0 radical (unpaired) electrons. The number of carboxylic acids is 1. The molecule has 0 amide bonds. The molecule has 0 spiro atoms. The van der Waals surface area contributed by atoms with Gasteiger partial charge in [-0.15, -0.1) is 0 Å². The number of aliphatic carboxylic acids is 1. The third kappa shape index (κ3) is 4.18. The van der Waals surface area contributed by atoms with Crippen molar-refractivity contribution in [2.75, 3.05) is 20.8 Å². The molecule has 0 aromatic heterocycles. The molecule has 0 saturated heterocycles. The van der Waals surface area contributed by atoms with Gasteiger partial charge in [-0.1, -0.05) is 24.3 Å². The van der Waals surface area contributed by atoms with Gasteiger partial charge in [0, 0.05) is 12.5 Å². The first-order valence-corrected chi connectivity index (χ1v) is 8.41. The molecule has 1 aromatic carbocycles. The number of allylic oxidation sites excluding steroid dienone is 1. The van der Waals surface area contributed by atoms with E-state index in [0.717, 1.165) is 30.6 Å². The quantitative estimate of drug-likeness (QED) is 0.758. The molecule has 0 bridgehead atoms. The van der Waals surface area contributed by atoms with E-state index >= 15 is 0 Å². The molecule has 1 N–H and O–H groups in total. The van der Waals surface area contributed by atoms with Gasteiger partial charge in [-0.3, -0.25) is 4.79 Å². The van der Waals surface area contributed by atoms with Crippen LogP contribution in [0.5, 0.6) is 5.75 Å². The molecule has 2 rings (SSSR count). The van der Waals surface area contributed by atoms with Crippen LogP contribution in [-0.2, 0) is 9.53 Å². The monoisotopic (exact) mass is 332 g/mol. The van der Waals surface area contributed by atoms with E-state index in [9.17, 15) is 9.90 Å². The summed E-state index contributed by atoms with van der Waals surface area (Å²) in [7, 11) is 3.31. The normalized spacial score (nSPS) is 26.8. The van der Waals surface area contributed by atoms with Crippen LogP contribution in [0.15, 0.2) is 36.4 Å². The summed E-state index contributed by atoms with van der Waals surface area (Å²) in [6.45, 7) is 6.72. The molecular weight excluding hydrogens is 304 g/mol. The number of carboxylic acid groups (broad SMARTS) is 1. The summed E-state index contributed by atoms with van der Waals surface area (Å²) in [5.41, 5.74) is 2.07. The van der Waals surface area contributed by atoms with Crippen LogP contribution in [0.1, 0.15) is 44.1 Å². The molecule has 0 heterocycles. The van der Waals surface area contributed by atoms with Gasteiger partial charge in [-0.2, -0.15) is 0 Å². The number of rotatable bonds is 7. The van der Waals surface area contributed by atoms with Gasteiger partial charge in [-0.25, -0.2) is 0 Å². The zero-order chi connectivity index (χ0) is 17.7. The van der Waals surface area contributed by atoms with Crippen molar-refractivity contribution in [2.24, 2.45) is 11.3 Å². The number of hydrogen-bond donors (Lipinski definition) is 1. The Labute approximate surface area is 144 Å². The fourth-order valence-electron chi connectivity index (χ4n) is 4.13. The summed E-state index contributed by atoms with van der Waals surface area (Å²) in [5.74, 6) is 0.707. The Morgan fingerprint density at radius 3 is 2.50 bits per heavy atom. The Bertz CT molecular complexity index is 578. The van der Waals surface area contributed by atoms with E-state index in [1.807, 2.05) is 12.1 Å². The summed E-state index contributed by atoms with van der Waals surface area (Å²) in [6.07, 6.45) is 2.76. The first-order valence-electron chi connectivity index (χ1n) is 8.41. The Morgan fingerprint density at radius 2 is 2.00 bits per heavy atom. The predicted molar refractivity (Wildman–Crippen MR) is 94.5 cm³/mol. The zero-order valence-corrected chi connectivity index (χ0v) is 14.9. The van der Waals surface area contributed by atoms with E-state index in [2.05, 4.69) is 25.6 Å². The number of ether oxygens (including phenoxy) is 2. The van der Waals surface area contributed by atoms with E-state index in [4.69, 9.17) is 9.47 Å². The second-order valence-corrected chi connectivity index (χ2v) is 7.08. The average Bonchev–Trinajstić information content (AvgIpc) is 2.54. The second-order valence-electron chi connectivity index (χ2n) is 7.08. The zero-order valence-electron chi connectivity index (χ0n) is 14.9. The average molecular weight is 332 g/mol. The predicted octanol–water partition coefficient (Wildman–Crippen LogP) is 4.26. The highest BCUT2D eigenvalue weighted by Gasteiger charge is 2.43. The van der Waals surface area contributed by atoms with Crippen molar-refractivity contribution >= 4 is 5.97 Å². The van der Waals surface area contributed by atoms with Crippen molar-refractivity contribution in [2.45, 2.75) is 38.5 Å². The molecule has 0 aliphatic heterocycles. The van der Waals surface area contributed by atoms with E-state index in [1.54, 1.807) is 14.2 Å². The van der Waals surface area contributed by atoms with Crippen LogP contribution in [0.4, 0.5) is 0 Å². The van der Waals surface area contributed by atoms with E-state index in [1.165, 1.54) is 5.56 Å². The lowest BCUT2D eigenvalue weighted by Gasteiger charge is -2.44. The van der Waals surface area contributed by atoms with Crippen LogP contribution < -0.4 is 4.74 Å². The topological polar surface area (TPSA) is 55.8 Å². The van der Waals surface area contributed by atoms with Gasteiger partial charge in [0.1, 0.15) is 5.75 Å². The Morgan fingerprint density at radius 1 is 1.33 bits per heavy atom. The summed E-state index contributed by atoms with van der Waals surface area (Å²) in [5, 5.41) is 9.37. The largest absolute Gasteiger partial charge is 0.497 e. The number of methoxy groups -OCH3 is 2. The molecule has 1 aliphatic rings. The first-order chi connectivity index (χ1) is 11.4. The maximum Gasteiger partial charge on any atom is 0.303 e. The second kappa shape index (κ2) is 7.84. The van der Waals surface area contributed by atoms with Crippen molar-refractivity contribution < 1.29 is 19.4 Å². The van der Waals surface area contributed by atoms with E-state index in [-0.39, 0.29) is 17.8 Å². The van der Waals surface area contributed by atoms with Gasteiger partial charge in [0.05, 0.1) is 20.1 Å². The van der Waals surface area contributed by atoms with Crippen molar-refractivity contribution in [3.8, 4) is 5.75 Å². The van der Waals surface area contributed by atoms with Gasteiger partial charge < -0.3 is 14.6 Å². The molecule has 3 atom stereocenters. The van der Waals surface area contributed by atoms with E-state index in [0.29, 0.717) is 12.5 Å². The Kier molecular flexibility index (Phi) is 6.05. The lowest BCUT2D eigenvalue weighted by molar-refractivity contribution is -0.142. The molecule has 1 saturated carbocycles. The minimum absolute atomic E-state index is 0.149. The highest BCUT2D eigenvalue weighted by Crippen LogP contribution is 2.51. The van der Waals surface area contributed by atoms with Crippen molar-refractivity contribution in [3.63, 3.8) is 0 Å². The molecule has 132 valence electrons. The Hall–Kier alpha value is -1.81. The maximum absolute atomic E-state index is 11.4. The molecule has 4 heteroatoms. The van der Waals surface area contributed by atoms with Gasteiger partial charge in [0.25, 0.3) is 0 Å². The Balaban J connectivity index is 2.33. The number of hydrogen-bond acceptors (Lipinski definition) is 3. The van der Waals surface area contributed by atoms with Crippen LogP contribution in [0.2, 0.25) is 0 Å². The van der Waals surface area contributed by atoms with Crippen LogP contribution in [0.25, 0.3) is 0 Å². The van der Waals surface area contributed by atoms with Crippen LogP contribution >= 0.6 is 0 Å². The molecule has 1 aromatic rings. The number of benzene rings is 1. The lowest BCUT2D eigenvalue weighted by atomic mass is 9.61. The first kappa shape index (κ1) is 18.5. The van der Waals surface area contributed by atoms with Gasteiger partial charge in [-0.05, 0) is 55.7 Å². The molecule has 1 fully saturated rings. The van der Waals surface area contributed by atoms with Crippen LogP contribution in [-0.4, -0.2) is 31.9 Å². The van der Waals surface area contributed by atoms with Crippen molar-refractivity contribution in [1.82, 2.24) is 0 Å². The van der Waals surface area contributed by atoms with Gasteiger partial charge >= 0.3 is 5.97 Å². The summed E-state index contributed by atoms with van der Waals surface area (Å²) >= 11 is 0. The summed E-state index contributed by atoms with van der Waals surface area (Å²) in [4.78, 5) is 11.4. The highest BCUT2D eigenvalue weighted by atomic mass is 16.5. The molecule has 0 unspecified atom stereocenters. The summed E-state index contributed by atoms with van der Waals surface area (Å²) < 4.78 is 10.6. The van der Waals surface area contributed by atoms with Gasteiger partial charge in [0.2, 0.25) is 0 Å². The van der Waals surface area contributed by atoms with E-state index < -0.39 is 5.97 Å². The van der Waals surface area contributed by atoms with Crippen molar-refractivity contribution in [1.29, 1.82) is 0 Å². The summed E-state index contributed by atoms with van der Waals surface area (Å²) in [6, 6.07) is 8.11. The fraction of sp³-hybridized carbons (Fsp3) is 0.550. The van der Waals surface area contributed by atoms with Crippen LogP contribution in [0, 0.1) is 11.3 Å². The van der Waals surface area contributed by atoms with Gasteiger partial charge in [0.15, 0.2) is 0 Å². The number of carbonyl (C=O) groups is 1. The third-order valence-electron chi connectivity index (χ3n) is 5.28. The highest BCUT2D eigenvalue weighted by molar-refractivity contribution is 5.67. The lowest BCUT2D eigenvalue weighted by Crippen LogP contribution is -2.38. The molecule has 24 heavy (non-hydrogen) atoms. The minimum Gasteiger partial charge on any atom is -0.497 e. The standard InChI is InChI=1S/C20H28O4/c1-14(2)17-9-10-20(13-23-3,12-19(21)22)11-18(17)15-5-7-16(24-4)8-6-15/h5-8,17-18H,1,9-13H2,2-4H3,(H,21,22)/t17-,18-,20-/m0/s1.